The summed E-state index contributed by atoms with van der Waals surface area (Å²) in [6, 6.07) is 6.86. The van der Waals surface area contributed by atoms with E-state index in [0.717, 1.165) is 24.4 Å². The third-order valence-corrected chi connectivity index (χ3v) is 4.21. The van der Waals surface area contributed by atoms with E-state index < -0.39 is 0 Å². The Morgan fingerprint density at radius 2 is 2.23 bits per heavy atom. The van der Waals surface area contributed by atoms with Crippen LogP contribution < -0.4 is 10.1 Å². The second-order valence-electron chi connectivity index (χ2n) is 6.61. The number of fused-ring (bicyclic) bond motifs is 1. The van der Waals surface area contributed by atoms with E-state index in [0.29, 0.717) is 12.6 Å². The summed E-state index contributed by atoms with van der Waals surface area (Å²) in [5, 5.41) is 11.6. The summed E-state index contributed by atoms with van der Waals surface area (Å²) in [6.07, 6.45) is 3.73. The number of nitrogens with one attached hydrogen (secondary N) is 1. The smallest absolute Gasteiger partial charge is 0.146 e. The monoisotopic (exact) mass is 300 g/mol. The summed E-state index contributed by atoms with van der Waals surface area (Å²) in [5.41, 5.74) is 2.53. The van der Waals surface area contributed by atoms with Crippen LogP contribution in [0.15, 0.2) is 24.5 Å². The van der Waals surface area contributed by atoms with Crippen LogP contribution in [0.1, 0.15) is 50.2 Å². The first-order chi connectivity index (χ1) is 10.5. The molecule has 1 aliphatic rings. The third kappa shape index (κ3) is 2.99. The molecule has 0 amide bonds. The molecule has 3 rings (SSSR count). The quantitative estimate of drug-likeness (QED) is 0.922. The van der Waals surface area contributed by atoms with Crippen LogP contribution in [0.3, 0.4) is 0 Å². The van der Waals surface area contributed by atoms with E-state index in [-0.39, 0.29) is 5.60 Å². The van der Waals surface area contributed by atoms with Crippen molar-refractivity contribution in [1.82, 2.24) is 20.1 Å². The zero-order chi connectivity index (χ0) is 15.7. The standard InChI is InChI=1S/C17H24N4O/c1-5-14(18-10-16-20-19-11-21(16)4)12-6-7-15-13(8-12)9-17(2,3)22-15/h6-8,11,14,18H,5,9-10H2,1-4H3/t14-/m0/s1. The summed E-state index contributed by atoms with van der Waals surface area (Å²) in [7, 11) is 1.97. The fourth-order valence-electron chi connectivity index (χ4n) is 3.03. The lowest BCUT2D eigenvalue weighted by atomic mass is 9.97. The molecule has 0 saturated heterocycles. The number of aromatic nitrogens is 3. The van der Waals surface area contributed by atoms with Crippen molar-refractivity contribution in [3.8, 4) is 5.75 Å². The molecule has 1 aromatic heterocycles. The maximum absolute atomic E-state index is 5.96. The molecule has 0 radical (unpaired) electrons. The molecule has 2 heterocycles. The van der Waals surface area contributed by atoms with Gasteiger partial charge >= 0.3 is 0 Å². The minimum Gasteiger partial charge on any atom is -0.487 e. The van der Waals surface area contributed by atoms with Gasteiger partial charge in [0.15, 0.2) is 0 Å². The maximum atomic E-state index is 5.96. The highest BCUT2D eigenvalue weighted by Crippen LogP contribution is 2.36. The summed E-state index contributed by atoms with van der Waals surface area (Å²) in [6.45, 7) is 7.18. The van der Waals surface area contributed by atoms with E-state index >= 15 is 0 Å². The molecule has 2 aromatic rings. The summed E-state index contributed by atoms with van der Waals surface area (Å²) < 4.78 is 7.90. The highest BCUT2D eigenvalue weighted by atomic mass is 16.5. The van der Waals surface area contributed by atoms with Gasteiger partial charge in [0.05, 0.1) is 6.54 Å². The number of ether oxygens (including phenoxy) is 1. The lowest BCUT2D eigenvalue weighted by molar-refractivity contribution is 0.138. The molecule has 0 fully saturated rings. The Balaban J connectivity index is 1.73. The number of benzene rings is 1. The van der Waals surface area contributed by atoms with Gasteiger partial charge in [-0.2, -0.15) is 0 Å². The van der Waals surface area contributed by atoms with Gasteiger partial charge in [-0.3, -0.25) is 0 Å². The van der Waals surface area contributed by atoms with Crippen LogP contribution in [0.2, 0.25) is 0 Å². The van der Waals surface area contributed by atoms with Gasteiger partial charge in [-0.25, -0.2) is 0 Å². The van der Waals surface area contributed by atoms with Gasteiger partial charge in [0.2, 0.25) is 0 Å². The third-order valence-electron chi connectivity index (χ3n) is 4.21. The van der Waals surface area contributed by atoms with Crippen molar-refractivity contribution in [3.05, 3.63) is 41.5 Å². The summed E-state index contributed by atoms with van der Waals surface area (Å²) in [4.78, 5) is 0. The molecule has 0 saturated carbocycles. The van der Waals surface area contributed by atoms with Crippen LogP contribution >= 0.6 is 0 Å². The first-order valence-electron chi connectivity index (χ1n) is 7.86. The second-order valence-corrected chi connectivity index (χ2v) is 6.61. The van der Waals surface area contributed by atoms with Crippen molar-refractivity contribution in [3.63, 3.8) is 0 Å². The molecule has 0 spiro atoms. The average Bonchev–Trinajstić information content (AvgIpc) is 3.00. The Kier molecular flexibility index (Phi) is 3.91. The normalized spacial score (nSPS) is 17.1. The second kappa shape index (κ2) is 5.72. The molecule has 118 valence electrons. The molecule has 0 bridgehead atoms. The molecular weight excluding hydrogens is 276 g/mol. The van der Waals surface area contributed by atoms with Crippen LogP contribution in [0.4, 0.5) is 0 Å². The van der Waals surface area contributed by atoms with E-state index in [1.54, 1.807) is 6.33 Å². The number of hydrogen-bond donors (Lipinski definition) is 1. The van der Waals surface area contributed by atoms with E-state index in [1.165, 1.54) is 11.1 Å². The SMILES string of the molecule is CC[C@H](NCc1nncn1C)c1ccc2c(c1)CC(C)(C)O2. The Labute approximate surface area is 131 Å². The molecule has 1 aliphatic heterocycles. The Morgan fingerprint density at radius 1 is 1.41 bits per heavy atom. The zero-order valence-corrected chi connectivity index (χ0v) is 13.8. The minimum atomic E-state index is -0.0886. The van der Waals surface area contributed by atoms with Crippen LogP contribution in [0.5, 0.6) is 5.75 Å². The van der Waals surface area contributed by atoms with Crippen molar-refractivity contribution < 1.29 is 4.74 Å². The van der Waals surface area contributed by atoms with Gasteiger partial charge < -0.3 is 14.6 Å². The molecular formula is C17H24N4O. The van der Waals surface area contributed by atoms with Gasteiger partial charge in [-0.05, 0) is 37.5 Å². The van der Waals surface area contributed by atoms with Crippen LogP contribution in [0, 0.1) is 0 Å². The van der Waals surface area contributed by atoms with Gasteiger partial charge in [-0.15, -0.1) is 10.2 Å². The van der Waals surface area contributed by atoms with Gasteiger partial charge in [-0.1, -0.05) is 19.1 Å². The maximum Gasteiger partial charge on any atom is 0.146 e. The van der Waals surface area contributed by atoms with Crippen LogP contribution in [0.25, 0.3) is 0 Å². The van der Waals surface area contributed by atoms with Gasteiger partial charge in [0.25, 0.3) is 0 Å². The molecule has 1 N–H and O–H groups in total. The van der Waals surface area contributed by atoms with Crippen molar-refractivity contribution in [2.24, 2.45) is 7.05 Å². The summed E-state index contributed by atoms with van der Waals surface area (Å²) >= 11 is 0. The predicted molar refractivity (Wildman–Crippen MR) is 85.7 cm³/mol. The predicted octanol–water partition coefficient (Wildman–Crippen LogP) is 2.77. The molecule has 0 aliphatic carbocycles. The Morgan fingerprint density at radius 3 is 2.91 bits per heavy atom. The van der Waals surface area contributed by atoms with E-state index in [1.807, 2.05) is 11.6 Å². The summed E-state index contributed by atoms with van der Waals surface area (Å²) in [5.74, 6) is 1.97. The molecule has 1 aromatic carbocycles. The number of hydrogen-bond acceptors (Lipinski definition) is 4. The van der Waals surface area contributed by atoms with E-state index in [4.69, 9.17) is 4.74 Å². The molecule has 0 unspecified atom stereocenters. The molecule has 1 atom stereocenters. The fourth-order valence-corrected chi connectivity index (χ4v) is 3.03. The average molecular weight is 300 g/mol. The first-order valence-corrected chi connectivity index (χ1v) is 7.86. The van der Waals surface area contributed by atoms with Gasteiger partial charge in [0.1, 0.15) is 23.5 Å². The number of rotatable bonds is 5. The number of nitrogens with zero attached hydrogens (tertiary/aromatic N) is 3. The van der Waals surface area contributed by atoms with Crippen LogP contribution in [-0.2, 0) is 20.0 Å². The minimum absolute atomic E-state index is 0.0886. The topological polar surface area (TPSA) is 52.0 Å². The van der Waals surface area contributed by atoms with Crippen LogP contribution in [-0.4, -0.2) is 20.4 Å². The van der Waals surface area contributed by atoms with Crippen molar-refractivity contribution in [1.29, 1.82) is 0 Å². The highest BCUT2D eigenvalue weighted by Gasteiger charge is 2.30. The lowest BCUT2D eigenvalue weighted by Gasteiger charge is -2.18. The van der Waals surface area contributed by atoms with Crippen molar-refractivity contribution in [2.75, 3.05) is 0 Å². The van der Waals surface area contributed by atoms with E-state index in [9.17, 15) is 0 Å². The first kappa shape index (κ1) is 15.0. The molecule has 5 heteroatoms. The molecule has 22 heavy (non-hydrogen) atoms. The Hall–Kier alpha value is -1.88. The van der Waals surface area contributed by atoms with Gasteiger partial charge in [0, 0.05) is 19.5 Å². The Bertz CT molecular complexity index is 662. The van der Waals surface area contributed by atoms with Crippen molar-refractivity contribution >= 4 is 0 Å². The largest absolute Gasteiger partial charge is 0.487 e. The van der Waals surface area contributed by atoms with Crippen molar-refractivity contribution in [2.45, 2.75) is 51.8 Å². The number of aryl methyl sites for hydroxylation is 1. The lowest BCUT2D eigenvalue weighted by Crippen LogP contribution is -2.24. The highest BCUT2D eigenvalue weighted by molar-refractivity contribution is 5.42. The zero-order valence-electron chi connectivity index (χ0n) is 13.8. The van der Waals surface area contributed by atoms with E-state index in [2.05, 4.69) is 54.5 Å². The fraction of sp³-hybridized carbons (Fsp3) is 0.529. The molecule has 5 nitrogen and oxygen atoms in total.